The van der Waals surface area contributed by atoms with E-state index in [1.165, 1.54) is 17.5 Å². The fourth-order valence-corrected chi connectivity index (χ4v) is 1.95. The molecule has 15 heavy (non-hydrogen) atoms. The fraction of sp³-hybridized carbons (Fsp3) is 0.538. The highest BCUT2D eigenvalue weighted by Gasteiger charge is 2.01. The Balaban J connectivity index is 2.20. The highest BCUT2D eigenvalue weighted by molar-refractivity contribution is 6.28. The van der Waals surface area contributed by atoms with Gasteiger partial charge in [-0.25, -0.2) is 0 Å². The molecule has 1 atom stereocenters. The van der Waals surface area contributed by atoms with Crippen molar-refractivity contribution < 1.29 is 0 Å². The molecule has 0 spiro atoms. The van der Waals surface area contributed by atoms with Crippen LogP contribution in [0.25, 0.3) is 0 Å². The summed E-state index contributed by atoms with van der Waals surface area (Å²) in [7, 11) is 0. The van der Waals surface area contributed by atoms with E-state index in [4.69, 9.17) is 23.2 Å². The van der Waals surface area contributed by atoms with Gasteiger partial charge < -0.3 is 0 Å². The summed E-state index contributed by atoms with van der Waals surface area (Å²) in [6.45, 7) is 2.13. The van der Waals surface area contributed by atoms with E-state index in [0.29, 0.717) is 5.88 Å². The first-order valence-corrected chi connectivity index (χ1v) is 6.45. The zero-order valence-corrected chi connectivity index (χ0v) is 10.7. The molecule has 0 aliphatic rings. The molecule has 0 fully saturated rings. The molecule has 0 radical (unpaired) electrons. The molecule has 0 N–H and O–H groups in total. The smallest absolute Gasteiger partial charge is 0.0471 e. The van der Waals surface area contributed by atoms with E-state index in [2.05, 4.69) is 31.2 Å². The average Bonchev–Trinajstić information content (AvgIpc) is 2.24. The number of halogens is 2. The van der Waals surface area contributed by atoms with Crippen LogP contribution in [-0.2, 0) is 6.42 Å². The van der Waals surface area contributed by atoms with Gasteiger partial charge in [0.15, 0.2) is 0 Å². The second kappa shape index (κ2) is 7.14. The van der Waals surface area contributed by atoms with Gasteiger partial charge in [-0.2, -0.15) is 0 Å². The number of benzene rings is 1. The summed E-state index contributed by atoms with van der Waals surface area (Å²) in [6.07, 6.45) is 4.53. The number of alkyl halides is 2. The first kappa shape index (κ1) is 12.9. The molecule has 1 aromatic carbocycles. The molecule has 1 aromatic rings. The average molecular weight is 245 g/mol. The number of hydrogen-bond acceptors (Lipinski definition) is 0. The van der Waals surface area contributed by atoms with Crippen LogP contribution >= 0.6 is 23.2 Å². The van der Waals surface area contributed by atoms with Gasteiger partial charge in [0.1, 0.15) is 0 Å². The quantitative estimate of drug-likeness (QED) is 0.509. The number of rotatable bonds is 6. The lowest BCUT2D eigenvalue weighted by Gasteiger charge is -2.05. The molecule has 0 bridgehead atoms. The Labute approximate surface area is 103 Å². The zero-order valence-electron chi connectivity index (χ0n) is 9.18. The van der Waals surface area contributed by atoms with Crippen molar-refractivity contribution >= 4 is 23.2 Å². The standard InChI is InChI=1S/C13H18Cl2/c1-11-5-4-7-12(9-11)6-2-3-8-13(15)10-14/h4-5,7,9,13H,2-3,6,8,10H2,1H3. The summed E-state index contributed by atoms with van der Waals surface area (Å²) in [5, 5.41) is 0.143. The van der Waals surface area contributed by atoms with Gasteiger partial charge >= 0.3 is 0 Å². The Morgan fingerprint density at radius 2 is 2.07 bits per heavy atom. The van der Waals surface area contributed by atoms with Gasteiger partial charge in [-0.3, -0.25) is 0 Å². The van der Waals surface area contributed by atoms with Crippen LogP contribution in [0.5, 0.6) is 0 Å². The number of aryl methyl sites for hydroxylation is 2. The molecule has 0 saturated carbocycles. The summed E-state index contributed by atoms with van der Waals surface area (Å²) < 4.78 is 0. The molecule has 0 heterocycles. The van der Waals surface area contributed by atoms with Crippen LogP contribution in [-0.4, -0.2) is 11.3 Å². The normalized spacial score (nSPS) is 12.7. The SMILES string of the molecule is Cc1cccc(CCCCC(Cl)CCl)c1. The fourth-order valence-electron chi connectivity index (χ4n) is 1.64. The van der Waals surface area contributed by atoms with Crippen LogP contribution in [0, 0.1) is 6.92 Å². The van der Waals surface area contributed by atoms with E-state index in [1.54, 1.807) is 0 Å². The highest BCUT2D eigenvalue weighted by Crippen LogP contribution is 2.12. The predicted molar refractivity (Wildman–Crippen MR) is 69.1 cm³/mol. The third kappa shape index (κ3) is 5.44. The Morgan fingerprint density at radius 1 is 1.27 bits per heavy atom. The minimum Gasteiger partial charge on any atom is -0.125 e. The van der Waals surface area contributed by atoms with Crippen LogP contribution < -0.4 is 0 Å². The Hall–Kier alpha value is -0.200. The molecule has 1 rings (SSSR count). The third-order valence-corrected chi connectivity index (χ3v) is 3.39. The van der Waals surface area contributed by atoms with Gasteiger partial charge in [-0.15, -0.1) is 23.2 Å². The zero-order chi connectivity index (χ0) is 11.1. The van der Waals surface area contributed by atoms with Crippen molar-refractivity contribution in [3.05, 3.63) is 35.4 Å². The van der Waals surface area contributed by atoms with Crippen LogP contribution in [0.3, 0.4) is 0 Å². The van der Waals surface area contributed by atoms with Gasteiger partial charge in [-0.1, -0.05) is 36.2 Å². The Bertz CT molecular complexity index is 284. The Kier molecular flexibility index (Phi) is 6.12. The van der Waals surface area contributed by atoms with Crippen molar-refractivity contribution in [2.24, 2.45) is 0 Å². The van der Waals surface area contributed by atoms with E-state index >= 15 is 0 Å². The number of unbranched alkanes of at least 4 members (excludes halogenated alkanes) is 1. The molecule has 0 amide bonds. The summed E-state index contributed by atoms with van der Waals surface area (Å²) >= 11 is 11.6. The maximum Gasteiger partial charge on any atom is 0.0471 e. The lowest BCUT2D eigenvalue weighted by Crippen LogP contribution is -1.99. The lowest BCUT2D eigenvalue weighted by atomic mass is 10.0. The molecule has 84 valence electrons. The van der Waals surface area contributed by atoms with Gasteiger partial charge in [0.2, 0.25) is 0 Å². The monoisotopic (exact) mass is 244 g/mol. The first-order valence-electron chi connectivity index (χ1n) is 5.48. The minimum absolute atomic E-state index is 0.143. The molecule has 1 unspecified atom stereocenters. The lowest BCUT2D eigenvalue weighted by molar-refractivity contribution is 0.673. The molecule has 0 aliphatic heterocycles. The topological polar surface area (TPSA) is 0 Å². The molecule has 0 nitrogen and oxygen atoms in total. The third-order valence-electron chi connectivity index (χ3n) is 2.48. The highest BCUT2D eigenvalue weighted by atomic mass is 35.5. The minimum atomic E-state index is 0.143. The largest absolute Gasteiger partial charge is 0.125 e. The van der Waals surface area contributed by atoms with Crippen molar-refractivity contribution in [2.45, 2.75) is 38.0 Å². The predicted octanol–water partition coefficient (Wildman–Crippen LogP) is 4.55. The second-order valence-electron chi connectivity index (χ2n) is 3.99. The Morgan fingerprint density at radius 3 is 2.73 bits per heavy atom. The second-order valence-corrected chi connectivity index (χ2v) is 4.91. The van der Waals surface area contributed by atoms with Crippen molar-refractivity contribution in [1.29, 1.82) is 0 Å². The van der Waals surface area contributed by atoms with Gasteiger partial charge in [0.05, 0.1) is 0 Å². The van der Waals surface area contributed by atoms with Crippen molar-refractivity contribution in [3.8, 4) is 0 Å². The van der Waals surface area contributed by atoms with E-state index in [9.17, 15) is 0 Å². The summed E-state index contributed by atoms with van der Waals surface area (Å²) in [6, 6.07) is 8.69. The van der Waals surface area contributed by atoms with E-state index in [1.807, 2.05) is 0 Å². The molecule has 0 aliphatic carbocycles. The summed E-state index contributed by atoms with van der Waals surface area (Å²) in [4.78, 5) is 0. The molecule has 2 heteroatoms. The van der Waals surface area contributed by atoms with E-state index in [0.717, 1.165) is 19.3 Å². The molecular formula is C13H18Cl2. The van der Waals surface area contributed by atoms with Gasteiger partial charge in [-0.05, 0) is 31.7 Å². The molecule has 0 saturated heterocycles. The maximum absolute atomic E-state index is 5.94. The first-order chi connectivity index (χ1) is 7.22. The van der Waals surface area contributed by atoms with Crippen molar-refractivity contribution in [3.63, 3.8) is 0 Å². The van der Waals surface area contributed by atoms with Crippen molar-refractivity contribution in [1.82, 2.24) is 0 Å². The van der Waals surface area contributed by atoms with Gasteiger partial charge in [0, 0.05) is 11.3 Å². The van der Waals surface area contributed by atoms with Crippen LogP contribution in [0.1, 0.15) is 30.4 Å². The molecule has 0 aromatic heterocycles. The van der Waals surface area contributed by atoms with Crippen LogP contribution in [0.15, 0.2) is 24.3 Å². The summed E-state index contributed by atoms with van der Waals surface area (Å²) in [5.74, 6) is 0.562. The van der Waals surface area contributed by atoms with Gasteiger partial charge in [0.25, 0.3) is 0 Å². The van der Waals surface area contributed by atoms with Crippen LogP contribution in [0.4, 0.5) is 0 Å². The van der Waals surface area contributed by atoms with E-state index in [-0.39, 0.29) is 5.38 Å². The summed E-state index contributed by atoms with van der Waals surface area (Å²) in [5.41, 5.74) is 2.76. The van der Waals surface area contributed by atoms with Crippen molar-refractivity contribution in [2.75, 3.05) is 5.88 Å². The molecular weight excluding hydrogens is 227 g/mol. The van der Waals surface area contributed by atoms with Crippen LogP contribution in [0.2, 0.25) is 0 Å². The maximum atomic E-state index is 5.94. The number of hydrogen-bond donors (Lipinski definition) is 0. The van der Waals surface area contributed by atoms with E-state index < -0.39 is 0 Å².